The summed E-state index contributed by atoms with van der Waals surface area (Å²) in [6, 6.07) is 0. The Morgan fingerprint density at radius 3 is 3.00 bits per heavy atom. The molecule has 0 aromatic carbocycles. The molecule has 0 unspecified atom stereocenters. The van der Waals surface area contributed by atoms with Crippen molar-refractivity contribution in [3.05, 3.63) is 6.33 Å². The summed E-state index contributed by atoms with van der Waals surface area (Å²) in [7, 11) is 0. The van der Waals surface area contributed by atoms with Gasteiger partial charge in [0.2, 0.25) is 0 Å². The molecule has 0 atom stereocenters. The molecule has 1 aromatic rings. The maximum Gasteiger partial charge on any atom is 0.313 e. The predicted octanol–water partition coefficient (Wildman–Crippen LogP) is -2.49. The molecule has 6 heteroatoms. The van der Waals surface area contributed by atoms with Crippen LogP contribution in [0.4, 0.5) is 0 Å². The highest BCUT2D eigenvalue weighted by Crippen LogP contribution is 1.41. The number of aromatic nitrogens is 4. The molecule has 4 N–H and O–H groups in total. The SMILES string of the molecule is NN[n+]1cnn[nH]1. The number of rotatable bonds is 1. The zero-order valence-corrected chi connectivity index (χ0v) is 3.50. The van der Waals surface area contributed by atoms with Crippen molar-refractivity contribution in [1.82, 2.24) is 15.5 Å². The fourth-order valence-electron chi connectivity index (χ4n) is 0.239. The summed E-state index contributed by atoms with van der Waals surface area (Å²) in [5.74, 6) is 4.90. The van der Waals surface area contributed by atoms with Crippen LogP contribution in [0, 0.1) is 0 Å². The van der Waals surface area contributed by atoms with Crippen LogP contribution in [0.1, 0.15) is 0 Å². The van der Waals surface area contributed by atoms with Gasteiger partial charge in [0.05, 0.1) is 0 Å². The van der Waals surface area contributed by atoms with Gasteiger partial charge in [-0.1, -0.05) is 4.79 Å². The molecule has 1 aromatic heterocycles. The number of aromatic amines is 1. The number of nitrogen functional groups attached to an aromatic ring is 1. The highest BCUT2D eigenvalue weighted by molar-refractivity contribution is 4.17. The molecule has 0 spiro atoms. The van der Waals surface area contributed by atoms with E-state index >= 15 is 0 Å². The monoisotopic (exact) mass is 101 g/mol. The quantitative estimate of drug-likeness (QED) is 0.207. The standard InChI is InChI=1S/CH4N6/c2-4-7-1-3-5-6-7/h1H,(H3,2,4,5,6)/p+1. The molecule has 0 fully saturated rings. The van der Waals surface area contributed by atoms with Gasteiger partial charge in [-0.3, -0.25) is 0 Å². The van der Waals surface area contributed by atoms with Gasteiger partial charge < -0.3 is 0 Å². The average Bonchev–Trinajstić information content (AvgIpc) is 2.14. The maximum absolute atomic E-state index is 4.90. The van der Waals surface area contributed by atoms with Crippen LogP contribution in [0.5, 0.6) is 0 Å². The molecule has 0 aliphatic rings. The number of hydrazine groups is 1. The van der Waals surface area contributed by atoms with E-state index in [-0.39, 0.29) is 0 Å². The van der Waals surface area contributed by atoms with Crippen LogP contribution in [-0.2, 0) is 0 Å². The van der Waals surface area contributed by atoms with Crippen molar-refractivity contribution in [2.75, 3.05) is 5.53 Å². The topological polar surface area (TPSA) is 83.5 Å². The number of nitrogens with one attached hydrogen (secondary N) is 2. The van der Waals surface area contributed by atoms with E-state index in [1.165, 1.54) is 11.1 Å². The molecule has 1 rings (SSSR count). The van der Waals surface area contributed by atoms with Crippen molar-refractivity contribution in [3.8, 4) is 0 Å². The molecule has 0 aliphatic carbocycles. The van der Waals surface area contributed by atoms with Crippen LogP contribution in [0.3, 0.4) is 0 Å². The Morgan fingerprint density at radius 2 is 2.71 bits per heavy atom. The highest BCUT2D eigenvalue weighted by atomic mass is 15.7. The molecule has 0 aliphatic heterocycles. The summed E-state index contributed by atoms with van der Waals surface area (Å²) in [5.41, 5.74) is 2.24. The van der Waals surface area contributed by atoms with E-state index < -0.39 is 0 Å². The molecule has 6 nitrogen and oxygen atoms in total. The lowest BCUT2D eigenvalue weighted by Gasteiger charge is -1.83. The van der Waals surface area contributed by atoms with Crippen LogP contribution < -0.4 is 16.2 Å². The first-order valence-corrected chi connectivity index (χ1v) is 1.68. The highest BCUT2D eigenvalue weighted by Gasteiger charge is 1.89. The van der Waals surface area contributed by atoms with Crippen molar-refractivity contribution in [3.63, 3.8) is 0 Å². The second kappa shape index (κ2) is 1.52. The number of hydrogen-bond donors (Lipinski definition) is 3. The van der Waals surface area contributed by atoms with Crippen LogP contribution in [-0.4, -0.2) is 15.5 Å². The summed E-state index contributed by atoms with van der Waals surface area (Å²) >= 11 is 0. The predicted molar refractivity (Wildman–Crippen MR) is 20.1 cm³/mol. The van der Waals surface area contributed by atoms with Crippen LogP contribution in [0.15, 0.2) is 6.33 Å². The first kappa shape index (κ1) is 4.00. The zero-order valence-electron chi connectivity index (χ0n) is 3.50. The minimum atomic E-state index is 1.31. The second-order valence-electron chi connectivity index (χ2n) is 0.930. The Balaban J connectivity index is 2.76. The van der Waals surface area contributed by atoms with E-state index in [4.69, 9.17) is 5.84 Å². The minimum absolute atomic E-state index is 1.31. The summed E-state index contributed by atoms with van der Waals surface area (Å²) in [6.45, 7) is 0. The molecule has 0 saturated carbocycles. The molecule has 38 valence electrons. The van der Waals surface area contributed by atoms with Crippen LogP contribution in [0.2, 0.25) is 0 Å². The molecule has 0 radical (unpaired) electrons. The van der Waals surface area contributed by atoms with E-state index in [9.17, 15) is 0 Å². The van der Waals surface area contributed by atoms with Gasteiger partial charge >= 0.3 is 6.33 Å². The van der Waals surface area contributed by atoms with E-state index in [2.05, 4.69) is 21.1 Å². The molecule has 0 bridgehead atoms. The average molecular weight is 101 g/mol. The smallest absolute Gasteiger partial charge is 0.222 e. The van der Waals surface area contributed by atoms with Gasteiger partial charge in [-0.2, -0.15) is 5.53 Å². The number of H-pyrrole nitrogens is 1. The lowest BCUT2D eigenvalue weighted by molar-refractivity contribution is -0.712. The van der Waals surface area contributed by atoms with Crippen LogP contribution >= 0.6 is 0 Å². The Bertz CT molecular complexity index is 119. The molecule has 1 heterocycles. The summed E-state index contributed by atoms with van der Waals surface area (Å²) in [4.78, 5) is 1.31. The van der Waals surface area contributed by atoms with Crippen molar-refractivity contribution < 1.29 is 4.79 Å². The molecule has 0 saturated heterocycles. The van der Waals surface area contributed by atoms with Crippen LogP contribution in [0.25, 0.3) is 0 Å². The molecule has 7 heavy (non-hydrogen) atoms. The third-order valence-electron chi connectivity index (χ3n) is 0.516. The van der Waals surface area contributed by atoms with Crippen molar-refractivity contribution in [2.24, 2.45) is 5.84 Å². The van der Waals surface area contributed by atoms with E-state index in [0.717, 1.165) is 0 Å². The normalized spacial score (nSPS) is 8.71. The zero-order chi connectivity index (χ0) is 5.11. The van der Waals surface area contributed by atoms with Gasteiger partial charge in [-0.15, -0.1) is 0 Å². The van der Waals surface area contributed by atoms with Gasteiger partial charge in [0, 0.05) is 0 Å². The summed E-state index contributed by atoms with van der Waals surface area (Å²) in [6.07, 6.45) is 1.40. The summed E-state index contributed by atoms with van der Waals surface area (Å²) in [5, 5.41) is 9.15. The Kier molecular flexibility index (Phi) is 0.868. The number of tetrazole rings is 1. The lowest BCUT2D eigenvalue weighted by atomic mass is 11.4. The Hall–Kier alpha value is -1.17. The first-order chi connectivity index (χ1) is 3.43. The van der Waals surface area contributed by atoms with Gasteiger partial charge in [0.25, 0.3) is 0 Å². The van der Waals surface area contributed by atoms with Crippen molar-refractivity contribution in [2.45, 2.75) is 0 Å². The van der Waals surface area contributed by atoms with Crippen molar-refractivity contribution in [1.29, 1.82) is 0 Å². The van der Waals surface area contributed by atoms with Gasteiger partial charge in [0.1, 0.15) is 5.10 Å². The Labute approximate surface area is 39.2 Å². The molecule has 0 amide bonds. The van der Waals surface area contributed by atoms with E-state index in [1.807, 2.05) is 0 Å². The second-order valence-corrected chi connectivity index (χ2v) is 0.930. The van der Waals surface area contributed by atoms with Crippen molar-refractivity contribution >= 4 is 0 Å². The molecular formula is CH5N6+. The fraction of sp³-hybridized carbons (Fsp3) is 0. The maximum atomic E-state index is 4.90. The number of hydrogen-bond acceptors (Lipinski definition) is 4. The third kappa shape index (κ3) is 0.631. The number of nitrogens with zero attached hydrogens (tertiary/aromatic N) is 3. The third-order valence-corrected chi connectivity index (χ3v) is 0.516. The fourth-order valence-corrected chi connectivity index (χ4v) is 0.239. The first-order valence-electron chi connectivity index (χ1n) is 1.68. The van der Waals surface area contributed by atoms with Gasteiger partial charge in [-0.25, -0.2) is 5.84 Å². The van der Waals surface area contributed by atoms with Gasteiger partial charge in [0.15, 0.2) is 5.21 Å². The Morgan fingerprint density at radius 1 is 1.86 bits per heavy atom. The van der Waals surface area contributed by atoms with E-state index in [0.29, 0.717) is 0 Å². The lowest BCUT2D eigenvalue weighted by Crippen LogP contribution is -2.50. The minimum Gasteiger partial charge on any atom is -0.222 e. The van der Waals surface area contributed by atoms with E-state index in [1.54, 1.807) is 0 Å². The number of nitrogens with two attached hydrogens (primary N) is 1. The van der Waals surface area contributed by atoms with Gasteiger partial charge in [-0.05, 0) is 5.21 Å². The molecular weight excluding hydrogens is 96.1 g/mol. The summed E-state index contributed by atoms with van der Waals surface area (Å²) < 4.78 is 0. The largest absolute Gasteiger partial charge is 0.313 e.